The number of benzene rings is 3. The van der Waals surface area contributed by atoms with Crippen molar-refractivity contribution in [2.75, 3.05) is 39.5 Å². The molecule has 0 aliphatic rings. The standard InChI is InChI=1S/C40H49ClN4O7/c1-4-40(25-47,26-48)45-20-32-15-36(41)39(16-38(32)51-23-30-14-29(17-42)18-44-19-30)52-24-31-8-5-9-34(27(31)2)35-10-6-11-37(28(35)3)50-13-7-12-43-21-33(49)22-46/h5-6,8-11,14-16,18-19,33,43,45-49H,4,7,12-13,20-26H2,1-3H3/t33-/m1/s1. The predicted molar refractivity (Wildman–Crippen MR) is 201 cm³/mol. The number of hydrogen-bond donors (Lipinski definition) is 6. The monoisotopic (exact) mass is 732 g/mol. The molecule has 0 radical (unpaired) electrons. The topological polar surface area (TPSA) is 169 Å². The number of aliphatic hydroxyl groups excluding tert-OH is 4. The third-order valence-corrected chi connectivity index (χ3v) is 9.41. The van der Waals surface area contributed by atoms with Crippen molar-refractivity contribution in [3.05, 3.63) is 105 Å². The minimum Gasteiger partial charge on any atom is -0.493 e. The van der Waals surface area contributed by atoms with Gasteiger partial charge in [-0.3, -0.25) is 4.98 Å². The summed E-state index contributed by atoms with van der Waals surface area (Å²) in [5.41, 5.74) is 6.12. The summed E-state index contributed by atoms with van der Waals surface area (Å²) in [6, 6.07) is 19.4. The first-order valence-corrected chi connectivity index (χ1v) is 17.7. The molecule has 0 spiro atoms. The van der Waals surface area contributed by atoms with Gasteiger partial charge in [-0.1, -0.05) is 48.9 Å². The van der Waals surface area contributed by atoms with Gasteiger partial charge in [0.05, 0.1) is 48.7 Å². The zero-order chi connectivity index (χ0) is 37.5. The zero-order valence-corrected chi connectivity index (χ0v) is 30.7. The Kier molecular flexibility index (Phi) is 15.7. The van der Waals surface area contributed by atoms with E-state index in [0.717, 1.165) is 40.0 Å². The number of aromatic nitrogens is 1. The van der Waals surface area contributed by atoms with Gasteiger partial charge in [0.2, 0.25) is 0 Å². The molecule has 6 N–H and O–H groups in total. The lowest BCUT2D eigenvalue weighted by Gasteiger charge is -2.30. The van der Waals surface area contributed by atoms with Gasteiger partial charge in [-0.15, -0.1) is 0 Å². The molecular formula is C40H49ClN4O7. The Morgan fingerprint density at radius 3 is 2.33 bits per heavy atom. The fraction of sp³-hybridized carbons (Fsp3) is 0.400. The average molecular weight is 733 g/mol. The normalized spacial score (nSPS) is 12.0. The molecule has 0 aliphatic heterocycles. The van der Waals surface area contributed by atoms with Crippen molar-refractivity contribution in [2.45, 2.75) is 65.0 Å². The van der Waals surface area contributed by atoms with Crippen LogP contribution in [0.1, 0.15) is 53.1 Å². The van der Waals surface area contributed by atoms with Crippen molar-refractivity contribution in [1.29, 1.82) is 5.26 Å². The van der Waals surface area contributed by atoms with Crippen LogP contribution in [0.25, 0.3) is 11.1 Å². The van der Waals surface area contributed by atoms with E-state index in [1.54, 1.807) is 24.4 Å². The summed E-state index contributed by atoms with van der Waals surface area (Å²) in [6.07, 6.45) is 3.61. The number of nitrogens with one attached hydrogen (secondary N) is 2. The van der Waals surface area contributed by atoms with Crippen LogP contribution in [0.5, 0.6) is 17.2 Å². The highest BCUT2D eigenvalue weighted by Gasteiger charge is 2.26. The van der Waals surface area contributed by atoms with Crippen molar-refractivity contribution in [3.8, 4) is 34.4 Å². The Morgan fingerprint density at radius 1 is 0.885 bits per heavy atom. The summed E-state index contributed by atoms with van der Waals surface area (Å²) in [4.78, 5) is 4.13. The molecular weight excluding hydrogens is 684 g/mol. The number of rotatable bonds is 21. The summed E-state index contributed by atoms with van der Waals surface area (Å²) in [6.45, 7) is 7.37. The van der Waals surface area contributed by atoms with Crippen LogP contribution in [-0.4, -0.2) is 76.6 Å². The summed E-state index contributed by atoms with van der Waals surface area (Å²) < 4.78 is 18.7. The molecule has 52 heavy (non-hydrogen) atoms. The van der Waals surface area contributed by atoms with Gasteiger partial charge in [-0.2, -0.15) is 5.26 Å². The lowest BCUT2D eigenvalue weighted by atomic mass is 9.93. The second kappa shape index (κ2) is 20.1. The molecule has 0 saturated carbocycles. The highest BCUT2D eigenvalue weighted by atomic mass is 35.5. The number of hydrogen-bond acceptors (Lipinski definition) is 11. The van der Waals surface area contributed by atoms with E-state index in [1.165, 1.54) is 6.20 Å². The largest absolute Gasteiger partial charge is 0.493 e. The van der Waals surface area contributed by atoms with Crippen molar-refractivity contribution >= 4 is 11.6 Å². The fourth-order valence-electron chi connectivity index (χ4n) is 5.60. The highest BCUT2D eigenvalue weighted by Crippen LogP contribution is 2.36. The van der Waals surface area contributed by atoms with Gasteiger partial charge in [0, 0.05) is 42.7 Å². The first-order valence-electron chi connectivity index (χ1n) is 17.4. The van der Waals surface area contributed by atoms with Gasteiger partial charge in [0.15, 0.2) is 0 Å². The predicted octanol–water partition coefficient (Wildman–Crippen LogP) is 4.98. The summed E-state index contributed by atoms with van der Waals surface area (Å²) in [5, 5.41) is 54.4. The van der Waals surface area contributed by atoms with Crippen LogP contribution < -0.4 is 24.8 Å². The molecule has 0 amide bonds. The van der Waals surface area contributed by atoms with Crippen LogP contribution in [-0.2, 0) is 19.8 Å². The quantitative estimate of drug-likeness (QED) is 0.0639. The van der Waals surface area contributed by atoms with E-state index < -0.39 is 11.6 Å². The number of nitriles is 1. The number of ether oxygens (including phenoxy) is 3. The van der Waals surface area contributed by atoms with Crippen molar-refractivity contribution in [1.82, 2.24) is 15.6 Å². The minimum atomic E-state index is -0.875. The number of halogens is 1. The maximum Gasteiger partial charge on any atom is 0.142 e. The van der Waals surface area contributed by atoms with Gasteiger partial charge in [-0.05, 0) is 79.3 Å². The van der Waals surface area contributed by atoms with Gasteiger partial charge in [0.1, 0.15) is 36.5 Å². The molecule has 3 aromatic carbocycles. The van der Waals surface area contributed by atoms with Gasteiger partial charge in [0.25, 0.3) is 0 Å². The van der Waals surface area contributed by atoms with Gasteiger partial charge in [-0.25, -0.2) is 0 Å². The zero-order valence-electron chi connectivity index (χ0n) is 30.0. The molecule has 0 unspecified atom stereocenters. The van der Waals surface area contributed by atoms with Crippen molar-refractivity contribution in [3.63, 3.8) is 0 Å². The van der Waals surface area contributed by atoms with Crippen molar-refractivity contribution < 1.29 is 34.6 Å². The first kappa shape index (κ1) is 40.5. The Labute approximate surface area is 310 Å². The first-order chi connectivity index (χ1) is 25.2. The van der Waals surface area contributed by atoms with Crippen LogP contribution in [0.4, 0.5) is 0 Å². The second-order valence-corrected chi connectivity index (χ2v) is 13.1. The van der Waals surface area contributed by atoms with Gasteiger partial charge < -0.3 is 45.3 Å². The Bertz CT molecular complexity index is 1790. The van der Waals surface area contributed by atoms with Crippen LogP contribution in [0.3, 0.4) is 0 Å². The molecule has 12 heteroatoms. The molecule has 1 aromatic heterocycles. The lowest BCUT2D eigenvalue weighted by molar-refractivity contribution is 0.0861. The summed E-state index contributed by atoms with van der Waals surface area (Å²) in [7, 11) is 0. The smallest absolute Gasteiger partial charge is 0.142 e. The molecule has 0 fully saturated rings. The molecule has 0 aliphatic carbocycles. The fourth-order valence-corrected chi connectivity index (χ4v) is 5.84. The molecule has 1 heterocycles. The maximum atomic E-state index is 9.97. The molecule has 4 rings (SSSR count). The lowest BCUT2D eigenvalue weighted by Crippen LogP contribution is -2.50. The summed E-state index contributed by atoms with van der Waals surface area (Å²) >= 11 is 6.78. The third-order valence-electron chi connectivity index (χ3n) is 9.12. The average Bonchev–Trinajstić information content (AvgIpc) is 3.17. The SMILES string of the molecule is CCC(CO)(CO)NCc1cc(Cl)c(OCc2cccc(-c3cccc(OCCCNC[C@@H](O)CO)c3C)c2C)cc1OCc1cncc(C#N)c1. The van der Waals surface area contributed by atoms with Gasteiger partial charge >= 0.3 is 0 Å². The summed E-state index contributed by atoms with van der Waals surface area (Å²) in [5.74, 6) is 1.71. The third kappa shape index (κ3) is 10.9. The Morgan fingerprint density at radius 2 is 1.62 bits per heavy atom. The van der Waals surface area contributed by atoms with Crippen molar-refractivity contribution in [2.24, 2.45) is 0 Å². The van der Waals surface area contributed by atoms with Crippen LogP contribution >= 0.6 is 11.6 Å². The van der Waals surface area contributed by atoms with E-state index in [4.69, 9.17) is 30.9 Å². The van der Waals surface area contributed by atoms with E-state index in [1.807, 2.05) is 38.1 Å². The molecule has 0 saturated heterocycles. The molecule has 278 valence electrons. The van der Waals surface area contributed by atoms with E-state index >= 15 is 0 Å². The molecule has 4 aromatic rings. The maximum absolute atomic E-state index is 9.97. The minimum absolute atomic E-state index is 0.143. The van der Waals surface area contributed by atoms with E-state index in [0.29, 0.717) is 59.3 Å². The van der Waals surface area contributed by atoms with Crippen LogP contribution in [0.2, 0.25) is 5.02 Å². The Balaban J connectivity index is 1.51. The van der Waals surface area contributed by atoms with E-state index in [9.17, 15) is 20.6 Å². The second-order valence-electron chi connectivity index (χ2n) is 12.7. The van der Waals surface area contributed by atoms with Crippen LogP contribution in [0.15, 0.2) is 67.0 Å². The number of nitrogens with zero attached hydrogens (tertiary/aromatic N) is 2. The molecule has 11 nitrogen and oxygen atoms in total. The Hall–Kier alpha value is -4.25. The molecule has 0 bridgehead atoms. The van der Waals surface area contributed by atoms with Crippen LogP contribution in [0, 0.1) is 25.2 Å². The molecule has 1 atom stereocenters. The number of pyridine rings is 1. The van der Waals surface area contributed by atoms with E-state index in [2.05, 4.69) is 40.7 Å². The number of aliphatic hydroxyl groups is 4. The highest BCUT2D eigenvalue weighted by molar-refractivity contribution is 6.32. The van der Waals surface area contributed by atoms with E-state index in [-0.39, 0.29) is 39.6 Å².